The van der Waals surface area contributed by atoms with Gasteiger partial charge in [-0.05, 0) is 42.8 Å². The molecule has 2 aromatic heterocycles. The first-order valence-corrected chi connectivity index (χ1v) is 9.29. The van der Waals surface area contributed by atoms with Crippen LogP contribution < -0.4 is 4.74 Å². The van der Waals surface area contributed by atoms with Crippen LogP contribution in [0.4, 0.5) is 0 Å². The van der Waals surface area contributed by atoms with Gasteiger partial charge in [-0.1, -0.05) is 35.1 Å². The maximum absolute atomic E-state index is 5.37. The molecule has 0 radical (unpaired) electrons. The van der Waals surface area contributed by atoms with Gasteiger partial charge in [0.1, 0.15) is 12.1 Å². The van der Waals surface area contributed by atoms with E-state index < -0.39 is 0 Å². The molecule has 0 fully saturated rings. The highest BCUT2D eigenvalue weighted by molar-refractivity contribution is 7.98. The Bertz CT molecular complexity index is 1040. The van der Waals surface area contributed by atoms with E-state index in [1.807, 2.05) is 47.0 Å². The van der Waals surface area contributed by atoms with Gasteiger partial charge in [0.2, 0.25) is 0 Å². The third kappa shape index (κ3) is 3.70. The molecule has 136 valence electrons. The molecule has 0 spiro atoms. The van der Waals surface area contributed by atoms with Gasteiger partial charge in [0.05, 0.1) is 18.6 Å². The van der Waals surface area contributed by atoms with E-state index in [0.29, 0.717) is 17.5 Å². The number of hydrogen-bond donors (Lipinski definition) is 0. The van der Waals surface area contributed by atoms with Crippen LogP contribution in [0.25, 0.3) is 17.1 Å². The zero-order chi connectivity index (χ0) is 18.6. The van der Waals surface area contributed by atoms with E-state index in [9.17, 15) is 0 Å². The van der Waals surface area contributed by atoms with Crippen molar-refractivity contribution in [3.05, 3.63) is 66.2 Å². The van der Waals surface area contributed by atoms with Crippen LogP contribution in [0, 0.1) is 6.92 Å². The summed E-state index contributed by atoms with van der Waals surface area (Å²) in [5.41, 5.74) is 3.06. The Morgan fingerprint density at radius 3 is 2.70 bits per heavy atom. The van der Waals surface area contributed by atoms with Gasteiger partial charge in [0.15, 0.2) is 11.0 Å². The summed E-state index contributed by atoms with van der Waals surface area (Å²) >= 11 is 1.51. The minimum atomic E-state index is 0.480. The van der Waals surface area contributed by atoms with Gasteiger partial charge >= 0.3 is 0 Å². The molecule has 2 aromatic carbocycles. The largest absolute Gasteiger partial charge is 0.497 e. The van der Waals surface area contributed by atoms with Gasteiger partial charge in [0, 0.05) is 5.56 Å². The standard InChI is InChI=1S/C19H17N5O2S/c1-13-5-3-4-6-16(13)24-12-20-22-19(24)27-11-17-21-18(26-23-17)14-7-9-15(25-2)10-8-14/h3-10,12H,11H2,1-2H3. The first-order chi connectivity index (χ1) is 13.2. The molecule has 0 unspecified atom stereocenters. The fourth-order valence-corrected chi connectivity index (χ4v) is 3.38. The number of methoxy groups -OCH3 is 1. The van der Waals surface area contributed by atoms with E-state index in [1.165, 1.54) is 11.8 Å². The van der Waals surface area contributed by atoms with Crippen LogP contribution in [0.2, 0.25) is 0 Å². The van der Waals surface area contributed by atoms with Crippen LogP contribution in [-0.4, -0.2) is 32.0 Å². The van der Waals surface area contributed by atoms with Crippen LogP contribution in [0.5, 0.6) is 5.75 Å². The molecule has 0 bridgehead atoms. The fourth-order valence-electron chi connectivity index (χ4n) is 2.61. The number of para-hydroxylation sites is 1. The molecule has 8 heteroatoms. The molecule has 0 aliphatic carbocycles. The second-order valence-electron chi connectivity index (χ2n) is 5.80. The number of aryl methyl sites for hydroxylation is 1. The van der Waals surface area contributed by atoms with Crippen LogP contribution in [0.3, 0.4) is 0 Å². The highest BCUT2D eigenvalue weighted by atomic mass is 32.2. The Balaban J connectivity index is 1.48. The van der Waals surface area contributed by atoms with Crippen molar-refractivity contribution < 1.29 is 9.26 Å². The first-order valence-electron chi connectivity index (χ1n) is 8.30. The Kier molecular flexibility index (Phi) is 4.88. The molecule has 4 aromatic rings. The Morgan fingerprint density at radius 2 is 1.93 bits per heavy atom. The summed E-state index contributed by atoms with van der Waals surface area (Å²) in [6.45, 7) is 2.06. The van der Waals surface area contributed by atoms with Gasteiger partial charge in [-0.15, -0.1) is 10.2 Å². The van der Waals surface area contributed by atoms with Crippen molar-refractivity contribution in [2.45, 2.75) is 17.8 Å². The lowest BCUT2D eigenvalue weighted by Crippen LogP contribution is -1.98. The van der Waals surface area contributed by atoms with Crippen LogP contribution in [0.1, 0.15) is 11.4 Å². The lowest BCUT2D eigenvalue weighted by molar-refractivity contribution is 0.414. The number of hydrogen-bond acceptors (Lipinski definition) is 7. The number of ether oxygens (including phenoxy) is 1. The minimum absolute atomic E-state index is 0.480. The summed E-state index contributed by atoms with van der Waals surface area (Å²) in [6.07, 6.45) is 1.71. The van der Waals surface area contributed by atoms with E-state index in [0.717, 1.165) is 27.7 Å². The summed E-state index contributed by atoms with van der Waals surface area (Å²) < 4.78 is 12.5. The Hall–Kier alpha value is -3.13. The Labute approximate surface area is 160 Å². The molecule has 27 heavy (non-hydrogen) atoms. The SMILES string of the molecule is COc1ccc(-c2nc(CSc3nncn3-c3ccccc3C)no2)cc1. The molecule has 7 nitrogen and oxygen atoms in total. The first kappa shape index (κ1) is 17.3. The summed E-state index contributed by atoms with van der Waals surface area (Å²) in [7, 11) is 1.63. The van der Waals surface area contributed by atoms with Crippen molar-refractivity contribution in [1.29, 1.82) is 0 Å². The van der Waals surface area contributed by atoms with Crippen molar-refractivity contribution in [1.82, 2.24) is 24.9 Å². The van der Waals surface area contributed by atoms with Gasteiger partial charge in [-0.25, -0.2) is 0 Å². The van der Waals surface area contributed by atoms with Crippen LogP contribution in [0.15, 0.2) is 64.5 Å². The van der Waals surface area contributed by atoms with Crippen LogP contribution >= 0.6 is 11.8 Å². The second kappa shape index (κ2) is 7.63. The van der Waals surface area contributed by atoms with Crippen molar-refractivity contribution >= 4 is 11.8 Å². The molecular weight excluding hydrogens is 362 g/mol. The molecule has 0 saturated heterocycles. The second-order valence-corrected chi connectivity index (χ2v) is 6.75. The van der Waals surface area contributed by atoms with Crippen molar-refractivity contribution in [3.63, 3.8) is 0 Å². The zero-order valence-corrected chi connectivity index (χ0v) is 15.7. The Morgan fingerprint density at radius 1 is 1.11 bits per heavy atom. The molecular formula is C19H17N5O2S. The maximum atomic E-state index is 5.37. The third-order valence-electron chi connectivity index (χ3n) is 4.03. The number of nitrogens with zero attached hydrogens (tertiary/aromatic N) is 5. The van der Waals surface area contributed by atoms with Gasteiger partial charge in [-0.3, -0.25) is 4.57 Å². The van der Waals surface area contributed by atoms with Crippen molar-refractivity contribution in [2.24, 2.45) is 0 Å². The molecule has 0 atom stereocenters. The smallest absolute Gasteiger partial charge is 0.257 e. The molecule has 0 amide bonds. The molecule has 4 rings (SSSR count). The van der Waals surface area contributed by atoms with Crippen LogP contribution in [-0.2, 0) is 5.75 Å². The average molecular weight is 379 g/mol. The summed E-state index contributed by atoms with van der Waals surface area (Å²) in [5, 5.41) is 13.1. The fraction of sp³-hybridized carbons (Fsp3) is 0.158. The normalized spacial score (nSPS) is 10.9. The quantitative estimate of drug-likeness (QED) is 0.470. The highest BCUT2D eigenvalue weighted by Crippen LogP contribution is 2.26. The van der Waals surface area contributed by atoms with Gasteiger partial charge in [0.25, 0.3) is 5.89 Å². The zero-order valence-electron chi connectivity index (χ0n) is 14.9. The van der Waals surface area contributed by atoms with Crippen molar-refractivity contribution in [3.8, 4) is 22.9 Å². The lowest BCUT2D eigenvalue weighted by atomic mass is 10.2. The number of rotatable bonds is 6. The third-order valence-corrected chi connectivity index (χ3v) is 4.97. The topological polar surface area (TPSA) is 78.9 Å². The van der Waals surface area contributed by atoms with Gasteiger partial charge < -0.3 is 9.26 Å². The molecule has 0 aliphatic heterocycles. The molecule has 2 heterocycles. The van der Waals surface area contributed by atoms with E-state index >= 15 is 0 Å². The van der Waals surface area contributed by atoms with E-state index in [2.05, 4.69) is 33.3 Å². The highest BCUT2D eigenvalue weighted by Gasteiger charge is 2.13. The van der Waals surface area contributed by atoms with E-state index in [-0.39, 0.29) is 0 Å². The summed E-state index contributed by atoms with van der Waals surface area (Å²) in [5.74, 6) is 2.40. The molecule has 0 aliphatic rings. The molecule has 0 N–H and O–H groups in total. The number of benzene rings is 2. The minimum Gasteiger partial charge on any atom is -0.497 e. The van der Waals surface area contributed by atoms with Gasteiger partial charge in [-0.2, -0.15) is 4.98 Å². The van der Waals surface area contributed by atoms with Crippen molar-refractivity contribution in [2.75, 3.05) is 7.11 Å². The predicted molar refractivity (Wildman–Crippen MR) is 102 cm³/mol. The predicted octanol–water partition coefficient (Wildman–Crippen LogP) is 3.93. The monoisotopic (exact) mass is 379 g/mol. The maximum Gasteiger partial charge on any atom is 0.257 e. The number of aromatic nitrogens is 5. The summed E-state index contributed by atoms with van der Waals surface area (Å²) in [4.78, 5) is 4.46. The average Bonchev–Trinajstić information content (AvgIpc) is 3.36. The summed E-state index contributed by atoms with van der Waals surface area (Å²) in [6, 6.07) is 15.6. The van der Waals surface area contributed by atoms with E-state index in [1.54, 1.807) is 13.4 Å². The molecule has 0 saturated carbocycles. The lowest BCUT2D eigenvalue weighted by Gasteiger charge is -2.08. The van der Waals surface area contributed by atoms with E-state index in [4.69, 9.17) is 9.26 Å². The number of thioether (sulfide) groups is 1.